The minimum Gasteiger partial charge on any atom is -0.398 e. The van der Waals surface area contributed by atoms with Gasteiger partial charge in [0.2, 0.25) is 5.91 Å². The fourth-order valence-electron chi connectivity index (χ4n) is 2.14. The second kappa shape index (κ2) is 4.06. The molecule has 1 saturated carbocycles. The van der Waals surface area contributed by atoms with Crippen LogP contribution in [0, 0.1) is 11.3 Å². The summed E-state index contributed by atoms with van der Waals surface area (Å²) < 4.78 is 0. The number of aryl methyl sites for hydroxylation is 1. The number of anilines is 2. The Labute approximate surface area is 102 Å². The zero-order valence-electron chi connectivity index (χ0n) is 10.7. The van der Waals surface area contributed by atoms with Crippen molar-refractivity contribution in [1.29, 1.82) is 0 Å². The van der Waals surface area contributed by atoms with Crippen LogP contribution in [0.25, 0.3) is 0 Å². The first kappa shape index (κ1) is 12.0. The fraction of sp³-hybridized carbons (Fsp3) is 0.500. The monoisotopic (exact) mass is 232 g/mol. The highest BCUT2D eigenvalue weighted by molar-refractivity contribution is 5.95. The Morgan fingerprint density at radius 2 is 2.18 bits per heavy atom. The molecule has 3 N–H and O–H groups in total. The van der Waals surface area contributed by atoms with E-state index in [1.54, 1.807) is 0 Å². The quantitative estimate of drug-likeness (QED) is 0.787. The van der Waals surface area contributed by atoms with Gasteiger partial charge < -0.3 is 11.1 Å². The number of hydrogen-bond acceptors (Lipinski definition) is 2. The zero-order chi connectivity index (χ0) is 12.6. The van der Waals surface area contributed by atoms with Gasteiger partial charge in [0.15, 0.2) is 0 Å². The molecule has 1 aliphatic rings. The van der Waals surface area contributed by atoms with Crippen LogP contribution in [0.2, 0.25) is 0 Å². The van der Waals surface area contributed by atoms with Crippen molar-refractivity contribution in [2.75, 3.05) is 11.1 Å². The number of nitrogen functional groups attached to an aromatic ring is 1. The van der Waals surface area contributed by atoms with E-state index >= 15 is 0 Å². The molecule has 1 atom stereocenters. The molecule has 0 heterocycles. The molecule has 0 radical (unpaired) electrons. The molecule has 0 aliphatic heterocycles. The summed E-state index contributed by atoms with van der Waals surface area (Å²) in [6.45, 7) is 6.30. The summed E-state index contributed by atoms with van der Waals surface area (Å²) in [5.74, 6) is 0.258. The highest BCUT2D eigenvalue weighted by atomic mass is 16.2. The van der Waals surface area contributed by atoms with Gasteiger partial charge in [-0.05, 0) is 36.0 Å². The maximum absolute atomic E-state index is 11.9. The Hall–Kier alpha value is -1.51. The minimum atomic E-state index is 0.110. The van der Waals surface area contributed by atoms with Crippen molar-refractivity contribution in [3.05, 3.63) is 23.8 Å². The van der Waals surface area contributed by atoms with Crippen LogP contribution in [0.1, 0.15) is 32.8 Å². The summed E-state index contributed by atoms with van der Waals surface area (Å²) in [7, 11) is 0. The van der Waals surface area contributed by atoms with Gasteiger partial charge in [0.1, 0.15) is 0 Å². The molecule has 3 heteroatoms. The maximum Gasteiger partial charge on any atom is 0.228 e. The number of nitrogens with two attached hydrogens (primary N) is 1. The normalized spacial score (nSPS) is 21.0. The molecule has 1 aliphatic carbocycles. The standard InChI is InChI=1S/C14H20N2O/c1-4-9-5-6-10(7-12(9)15)16-13(17)11-8-14(11,2)3/h5-7,11H,4,8,15H2,1-3H3,(H,16,17). The number of carbonyl (C=O) groups is 1. The Morgan fingerprint density at radius 1 is 1.53 bits per heavy atom. The fourth-order valence-corrected chi connectivity index (χ4v) is 2.14. The molecule has 1 unspecified atom stereocenters. The SMILES string of the molecule is CCc1ccc(NC(=O)C2CC2(C)C)cc1N. The van der Waals surface area contributed by atoms with E-state index in [1.165, 1.54) is 0 Å². The lowest BCUT2D eigenvalue weighted by molar-refractivity contribution is -0.117. The highest BCUT2D eigenvalue weighted by Crippen LogP contribution is 2.52. The molecule has 2 rings (SSSR count). The summed E-state index contributed by atoms with van der Waals surface area (Å²) in [5, 5.41) is 2.93. The van der Waals surface area contributed by atoms with Crippen molar-refractivity contribution in [3.8, 4) is 0 Å². The highest BCUT2D eigenvalue weighted by Gasteiger charge is 2.50. The van der Waals surface area contributed by atoms with Gasteiger partial charge in [0.05, 0.1) is 0 Å². The minimum absolute atomic E-state index is 0.110. The molecule has 92 valence electrons. The molecular weight excluding hydrogens is 212 g/mol. The summed E-state index contributed by atoms with van der Waals surface area (Å²) >= 11 is 0. The van der Waals surface area contributed by atoms with Crippen LogP contribution in [0.3, 0.4) is 0 Å². The van der Waals surface area contributed by atoms with Crippen LogP contribution >= 0.6 is 0 Å². The van der Waals surface area contributed by atoms with E-state index in [-0.39, 0.29) is 17.2 Å². The van der Waals surface area contributed by atoms with Gasteiger partial charge in [-0.1, -0.05) is 26.8 Å². The molecule has 3 nitrogen and oxygen atoms in total. The molecule has 0 aromatic heterocycles. The van der Waals surface area contributed by atoms with Gasteiger partial charge in [-0.25, -0.2) is 0 Å². The van der Waals surface area contributed by atoms with Crippen molar-refractivity contribution in [2.24, 2.45) is 11.3 Å². The molecule has 1 aromatic carbocycles. The molecule has 0 spiro atoms. The van der Waals surface area contributed by atoms with Gasteiger partial charge in [0.25, 0.3) is 0 Å². The Morgan fingerprint density at radius 3 is 2.65 bits per heavy atom. The Bertz CT molecular complexity index is 452. The van der Waals surface area contributed by atoms with Crippen LogP contribution in [-0.2, 0) is 11.2 Å². The van der Waals surface area contributed by atoms with Gasteiger partial charge in [-0.2, -0.15) is 0 Å². The molecular formula is C14H20N2O. The number of nitrogens with one attached hydrogen (secondary N) is 1. The second-order valence-corrected chi connectivity index (χ2v) is 5.50. The summed E-state index contributed by atoms with van der Waals surface area (Å²) in [5.41, 5.74) is 8.74. The number of hydrogen-bond donors (Lipinski definition) is 2. The number of benzene rings is 1. The Kier molecular flexibility index (Phi) is 2.86. The number of carbonyl (C=O) groups excluding carboxylic acids is 1. The van der Waals surface area contributed by atoms with E-state index < -0.39 is 0 Å². The first-order valence-electron chi connectivity index (χ1n) is 6.13. The average Bonchev–Trinajstić information content (AvgIpc) is 2.88. The second-order valence-electron chi connectivity index (χ2n) is 5.50. The predicted molar refractivity (Wildman–Crippen MR) is 70.8 cm³/mol. The van der Waals surface area contributed by atoms with E-state index in [0.29, 0.717) is 0 Å². The number of rotatable bonds is 3. The summed E-state index contributed by atoms with van der Waals surface area (Å²) in [6, 6.07) is 5.73. The van der Waals surface area contributed by atoms with Crippen LogP contribution in [0.5, 0.6) is 0 Å². The largest absolute Gasteiger partial charge is 0.398 e. The van der Waals surface area contributed by atoms with Crippen molar-refractivity contribution in [1.82, 2.24) is 0 Å². The molecule has 1 fully saturated rings. The van der Waals surface area contributed by atoms with Crippen LogP contribution in [0.4, 0.5) is 11.4 Å². The van der Waals surface area contributed by atoms with E-state index in [4.69, 9.17) is 5.73 Å². The Balaban J connectivity index is 2.05. The first-order valence-corrected chi connectivity index (χ1v) is 6.13. The van der Waals surface area contributed by atoms with Gasteiger partial charge in [0, 0.05) is 17.3 Å². The first-order chi connectivity index (χ1) is 7.94. The smallest absolute Gasteiger partial charge is 0.228 e. The van der Waals surface area contributed by atoms with Crippen LogP contribution in [-0.4, -0.2) is 5.91 Å². The van der Waals surface area contributed by atoms with Crippen molar-refractivity contribution < 1.29 is 4.79 Å². The molecule has 0 saturated heterocycles. The molecule has 17 heavy (non-hydrogen) atoms. The van der Waals surface area contributed by atoms with E-state index in [9.17, 15) is 4.79 Å². The van der Waals surface area contributed by atoms with Crippen LogP contribution in [0.15, 0.2) is 18.2 Å². The summed E-state index contributed by atoms with van der Waals surface area (Å²) in [4.78, 5) is 11.9. The third-order valence-electron chi connectivity index (χ3n) is 3.62. The van der Waals surface area contributed by atoms with Crippen molar-refractivity contribution >= 4 is 17.3 Å². The lowest BCUT2D eigenvalue weighted by Crippen LogP contribution is -2.16. The van der Waals surface area contributed by atoms with E-state index in [2.05, 4.69) is 26.1 Å². The molecule has 1 aromatic rings. The number of amides is 1. The zero-order valence-corrected chi connectivity index (χ0v) is 10.7. The lowest BCUT2D eigenvalue weighted by atomic mass is 10.1. The van der Waals surface area contributed by atoms with Crippen molar-refractivity contribution in [3.63, 3.8) is 0 Å². The average molecular weight is 232 g/mol. The predicted octanol–water partition coefficient (Wildman–Crippen LogP) is 2.82. The van der Waals surface area contributed by atoms with Gasteiger partial charge >= 0.3 is 0 Å². The lowest BCUT2D eigenvalue weighted by Gasteiger charge is -2.09. The van der Waals surface area contributed by atoms with Crippen LogP contribution < -0.4 is 11.1 Å². The van der Waals surface area contributed by atoms with Gasteiger partial charge in [-0.3, -0.25) is 4.79 Å². The summed E-state index contributed by atoms with van der Waals surface area (Å²) in [6.07, 6.45) is 1.89. The molecule has 1 amide bonds. The third-order valence-corrected chi connectivity index (χ3v) is 3.62. The van der Waals surface area contributed by atoms with Gasteiger partial charge in [-0.15, -0.1) is 0 Å². The third kappa shape index (κ3) is 2.43. The van der Waals surface area contributed by atoms with E-state index in [0.717, 1.165) is 29.8 Å². The topological polar surface area (TPSA) is 55.1 Å². The maximum atomic E-state index is 11.9. The molecule has 0 bridgehead atoms. The van der Waals surface area contributed by atoms with E-state index in [1.807, 2.05) is 18.2 Å². The van der Waals surface area contributed by atoms with Crippen molar-refractivity contribution in [2.45, 2.75) is 33.6 Å².